The van der Waals surface area contributed by atoms with Crippen LogP contribution >= 0.6 is 11.3 Å². The molecule has 3 aromatic heterocycles. The molecule has 7 nitrogen and oxygen atoms in total. The summed E-state index contributed by atoms with van der Waals surface area (Å²) in [5.74, 6) is 0.310. The topological polar surface area (TPSA) is 88.3 Å². The van der Waals surface area contributed by atoms with Crippen molar-refractivity contribution in [3.8, 4) is 0 Å². The lowest BCUT2D eigenvalue weighted by atomic mass is 10.1. The maximum absolute atomic E-state index is 13.0. The van der Waals surface area contributed by atoms with Crippen LogP contribution in [-0.2, 0) is 11.2 Å². The lowest BCUT2D eigenvalue weighted by molar-refractivity contribution is -0.133. The van der Waals surface area contributed by atoms with Gasteiger partial charge in [-0.1, -0.05) is 6.07 Å². The molecule has 0 spiro atoms. The van der Waals surface area contributed by atoms with Crippen molar-refractivity contribution in [2.45, 2.75) is 45.2 Å². The molecule has 29 heavy (non-hydrogen) atoms. The van der Waals surface area contributed by atoms with E-state index in [-0.39, 0.29) is 30.3 Å². The van der Waals surface area contributed by atoms with Crippen molar-refractivity contribution in [2.24, 2.45) is 0 Å². The average Bonchev–Trinajstić information content (AvgIpc) is 3.29. The Morgan fingerprint density at radius 2 is 2.17 bits per heavy atom. The standard InChI is InChI=1S/C21H22N4O3S/c1-13(18-5-3-4-9-22-18)25(16-6-7-16)19(26)11-15-12-29-21(23-15)24-20(27)17-8-10-28-14(17)2/h3-5,8-10,12-13,16H,6-7,11H2,1-2H3,(H,23,24,27). The molecule has 0 saturated heterocycles. The third kappa shape index (κ3) is 4.37. The molecule has 1 unspecified atom stereocenters. The fraction of sp³-hybridized carbons (Fsp3) is 0.333. The number of thiazole rings is 1. The summed E-state index contributed by atoms with van der Waals surface area (Å²) >= 11 is 1.31. The molecule has 4 rings (SSSR count). The number of furan rings is 1. The zero-order chi connectivity index (χ0) is 20.4. The van der Waals surface area contributed by atoms with Gasteiger partial charge in [-0.25, -0.2) is 4.98 Å². The second kappa shape index (κ2) is 8.16. The van der Waals surface area contributed by atoms with Crippen molar-refractivity contribution >= 4 is 28.3 Å². The van der Waals surface area contributed by atoms with Gasteiger partial charge >= 0.3 is 0 Å². The summed E-state index contributed by atoms with van der Waals surface area (Å²) in [4.78, 5) is 36.1. The highest BCUT2D eigenvalue weighted by molar-refractivity contribution is 7.14. The highest BCUT2D eigenvalue weighted by Crippen LogP contribution is 2.34. The maximum Gasteiger partial charge on any atom is 0.260 e. The molecule has 0 aromatic carbocycles. The van der Waals surface area contributed by atoms with Crippen LogP contribution in [-0.4, -0.2) is 32.7 Å². The predicted octanol–water partition coefficient (Wildman–Crippen LogP) is 3.99. The van der Waals surface area contributed by atoms with Gasteiger partial charge in [-0.05, 0) is 44.9 Å². The summed E-state index contributed by atoms with van der Waals surface area (Å²) in [6.07, 6.45) is 5.46. The summed E-state index contributed by atoms with van der Waals surface area (Å²) in [6.45, 7) is 3.74. The molecule has 1 atom stereocenters. The monoisotopic (exact) mass is 410 g/mol. The van der Waals surface area contributed by atoms with Crippen molar-refractivity contribution in [1.29, 1.82) is 0 Å². The fourth-order valence-electron chi connectivity index (χ4n) is 3.33. The average molecular weight is 410 g/mol. The van der Waals surface area contributed by atoms with Crippen LogP contribution in [0, 0.1) is 6.92 Å². The molecule has 3 heterocycles. The first-order chi connectivity index (χ1) is 14.0. The lowest BCUT2D eigenvalue weighted by Gasteiger charge is -2.29. The van der Waals surface area contributed by atoms with E-state index in [0.717, 1.165) is 18.5 Å². The number of amides is 2. The zero-order valence-electron chi connectivity index (χ0n) is 16.3. The van der Waals surface area contributed by atoms with Gasteiger partial charge < -0.3 is 9.32 Å². The fourth-order valence-corrected chi connectivity index (χ4v) is 4.04. The Morgan fingerprint density at radius 3 is 2.83 bits per heavy atom. The predicted molar refractivity (Wildman–Crippen MR) is 110 cm³/mol. The first-order valence-electron chi connectivity index (χ1n) is 9.55. The molecule has 3 aromatic rings. The van der Waals surface area contributed by atoms with Gasteiger partial charge in [0.05, 0.1) is 35.7 Å². The number of hydrogen-bond acceptors (Lipinski definition) is 6. The van der Waals surface area contributed by atoms with Gasteiger partial charge in [0.2, 0.25) is 5.91 Å². The molecular weight excluding hydrogens is 388 g/mol. The Morgan fingerprint density at radius 1 is 1.34 bits per heavy atom. The Hall–Kier alpha value is -3.00. The van der Waals surface area contributed by atoms with Crippen LogP contribution in [0.25, 0.3) is 0 Å². The van der Waals surface area contributed by atoms with Crippen LogP contribution in [0.5, 0.6) is 0 Å². The Kier molecular flexibility index (Phi) is 5.44. The highest BCUT2D eigenvalue weighted by atomic mass is 32.1. The van der Waals surface area contributed by atoms with Crippen LogP contribution in [0.3, 0.4) is 0 Å². The summed E-state index contributed by atoms with van der Waals surface area (Å²) in [5, 5.41) is 5.04. The molecule has 0 radical (unpaired) electrons. The number of hydrogen-bond donors (Lipinski definition) is 1. The number of carbonyl (C=O) groups excluding carboxylic acids is 2. The van der Waals surface area contributed by atoms with E-state index >= 15 is 0 Å². The van der Waals surface area contributed by atoms with Gasteiger partial charge in [-0.3, -0.25) is 19.9 Å². The van der Waals surface area contributed by atoms with Crippen molar-refractivity contribution in [3.63, 3.8) is 0 Å². The Bertz CT molecular complexity index is 1010. The van der Waals surface area contributed by atoms with E-state index in [1.807, 2.05) is 35.4 Å². The quantitative estimate of drug-likeness (QED) is 0.636. The molecule has 1 fully saturated rings. The molecule has 8 heteroatoms. The summed E-state index contributed by atoms with van der Waals surface area (Å²) < 4.78 is 5.16. The minimum Gasteiger partial charge on any atom is -0.469 e. The van der Waals surface area contributed by atoms with Crippen LogP contribution in [0.1, 0.15) is 53.3 Å². The van der Waals surface area contributed by atoms with Crippen LogP contribution < -0.4 is 5.32 Å². The van der Waals surface area contributed by atoms with E-state index in [4.69, 9.17) is 4.42 Å². The number of carbonyl (C=O) groups is 2. The van der Waals surface area contributed by atoms with E-state index < -0.39 is 0 Å². The molecule has 150 valence electrons. The first-order valence-corrected chi connectivity index (χ1v) is 10.4. The highest BCUT2D eigenvalue weighted by Gasteiger charge is 2.36. The number of aromatic nitrogens is 2. The minimum absolute atomic E-state index is 0.0273. The van der Waals surface area contributed by atoms with Gasteiger partial charge in [0.15, 0.2) is 5.13 Å². The first kappa shape index (κ1) is 19.3. The number of anilines is 1. The Balaban J connectivity index is 1.42. The second-order valence-corrected chi connectivity index (χ2v) is 7.99. The van der Waals surface area contributed by atoms with Crippen LogP contribution in [0.4, 0.5) is 5.13 Å². The normalized spacial score (nSPS) is 14.4. The molecular formula is C21H22N4O3S. The molecule has 1 N–H and O–H groups in total. The number of nitrogens with one attached hydrogen (secondary N) is 1. The summed E-state index contributed by atoms with van der Waals surface area (Å²) in [7, 11) is 0. The van der Waals surface area contributed by atoms with E-state index in [1.165, 1.54) is 17.6 Å². The number of aryl methyl sites for hydroxylation is 1. The van der Waals surface area contributed by atoms with Crippen LogP contribution in [0.2, 0.25) is 0 Å². The van der Waals surface area contributed by atoms with Crippen molar-refractivity contribution in [2.75, 3.05) is 5.32 Å². The largest absolute Gasteiger partial charge is 0.469 e. The van der Waals surface area contributed by atoms with Gasteiger partial charge in [0.1, 0.15) is 5.76 Å². The van der Waals surface area contributed by atoms with Crippen molar-refractivity contribution in [1.82, 2.24) is 14.9 Å². The minimum atomic E-state index is -0.271. The number of rotatable bonds is 7. The SMILES string of the molecule is Cc1occc1C(=O)Nc1nc(CC(=O)N(C2CC2)C(C)c2ccccn2)cs1. The van der Waals surface area contributed by atoms with Crippen LogP contribution in [0.15, 0.2) is 46.5 Å². The van der Waals surface area contributed by atoms with Gasteiger partial charge in [-0.2, -0.15) is 0 Å². The molecule has 1 saturated carbocycles. The van der Waals surface area contributed by atoms with Gasteiger partial charge in [0.25, 0.3) is 5.91 Å². The van der Waals surface area contributed by atoms with Crippen molar-refractivity contribution < 1.29 is 14.0 Å². The molecule has 1 aliphatic carbocycles. The third-order valence-electron chi connectivity index (χ3n) is 4.97. The second-order valence-electron chi connectivity index (χ2n) is 7.13. The van der Waals surface area contributed by atoms with E-state index in [0.29, 0.717) is 22.1 Å². The maximum atomic E-state index is 13.0. The van der Waals surface area contributed by atoms with E-state index in [9.17, 15) is 9.59 Å². The third-order valence-corrected chi connectivity index (χ3v) is 5.78. The van der Waals surface area contributed by atoms with Gasteiger partial charge in [-0.15, -0.1) is 11.3 Å². The Labute approximate surface area is 172 Å². The smallest absolute Gasteiger partial charge is 0.260 e. The lowest BCUT2D eigenvalue weighted by Crippen LogP contribution is -2.37. The summed E-state index contributed by atoms with van der Waals surface area (Å²) in [5.41, 5.74) is 2.01. The number of nitrogens with zero attached hydrogens (tertiary/aromatic N) is 3. The zero-order valence-corrected chi connectivity index (χ0v) is 17.1. The van der Waals surface area contributed by atoms with Gasteiger partial charge in [0, 0.05) is 17.6 Å². The van der Waals surface area contributed by atoms with Crippen molar-refractivity contribution in [3.05, 3.63) is 64.8 Å². The summed E-state index contributed by atoms with van der Waals surface area (Å²) in [6, 6.07) is 7.55. The van der Waals surface area contributed by atoms with E-state index in [2.05, 4.69) is 15.3 Å². The molecule has 0 aliphatic heterocycles. The van der Waals surface area contributed by atoms with E-state index in [1.54, 1.807) is 19.2 Å². The molecule has 0 bridgehead atoms. The molecule has 1 aliphatic rings. The molecule has 2 amide bonds. The number of pyridine rings is 1.